The molecule has 1 aliphatic rings. The fourth-order valence-electron chi connectivity index (χ4n) is 2.01. The van der Waals surface area contributed by atoms with Gasteiger partial charge in [-0.2, -0.15) is 0 Å². The van der Waals surface area contributed by atoms with Gasteiger partial charge in [0.25, 0.3) is 0 Å². The smallest absolute Gasteiger partial charge is 0.0810 e. The zero-order valence-electron chi connectivity index (χ0n) is 11.3. The quantitative estimate of drug-likeness (QED) is 0.357. The van der Waals surface area contributed by atoms with Gasteiger partial charge < -0.3 is 9.47 Å². The van der Waals surface area contributed by atoms with Crippen LogP contribution < -0.4 is 0 Å². The minimum atomic E-state index is 0.567. The lowest BCUT2D eigenvalue weighted by Gasteiger charge is -2.03. The summed E-state index contributed by atoms with van der Waals surface area (Å²) in [6, 6.07) is 0. The van der Waals surface area contributed by atoms with Crippen LogP contribution in [0.4, 0.5) is 0 Å². The van der Waals surface area contributed by atoms with E-state index >= 15 is 0 Å². The van der Waals surface area contributed by atoms with Crippen LogP contribution in [0.25, 0.3) is 0 Å². The van der Waals surface area contributed by atoms with Crippen LogP contribution in [0.15, 0.2) is 0 Å². The molecule has 1 unspecified atom stereocenters. The van der Waals surface area contributed by atoms with Crippen molar-refractivity contribution in [3.05, 3.63) is 6.92 Å². The molecule has 0 bridgehead atoms. The van der Waals surface area contributed by atoms with Gasteiger partial charge in [0.05, 0.1) is 12.7 Å². The monoisotopic (exact) mass is 241 g/mol. The topological polar surface area (TPSA) is 21.8 Å². The van der Waals surface area contributed by atoms with Crippen molar-refractivity contribution in [2.24, 2.45) is 0 Å². The minimum Gasteiger partial charge on any atom is -0.381 e. The van der Waals surface area contributed by atoms with Crippen LogP contribution >= 0.6 is 0 Å². The Labute approximate surface area is 107 Å². The average molecular weight is 241 g/mol. The van der Waals surface area contributed by atoms with Crippen molar-refractivity contribution in [3.8, 4) is 0 Å². The number of hydrogen-bond donors (Lipinski definition) is 0. The molecule has 0 spiro atoms. The van der Waals surface area contributed by atoms with Crippen molar-refractivity contribution >= 4 is 0 Å². The van der Waals surface area contributed by atoms with E-state index in [4.69, 9.17) is 9.47 Å². The molecule has 0 N–H and O–H groups in total. The molecule has 0 aromatic heterocycles. The molecule has 0 aliphatic carbocycles. The summed E-state index contributed by atoms with van der Waals surface area (Å²) in [5.74, 6) is 0. The molecule has 0 amide bonds. The van der Waals surface area contributed by atoms with E-state index in [-0.39, 0.29) is 0 Å². The third-order valence-corrected chi connectivity index (χ3v) is 3.26. The fourth-order valence-corrected chi connectivity index (χ4v) is 2.01. The average Bonchev–Trinajstić information content (AvgIpc) is 3.15. The molecule has 0 aromatic rings. The van der Waals surface area contributed by atoms with Gasteiger partial charge in [0.15, 0.2) is 0 Å². The van der Waals surface area contributed by atoms with E-state index in [2.05, 4.69) is 6.92 Å². The van der Waals surface area contributed by atoms with Gasteiger partial charge in [0, 0.05) is 13.2 Å². The summed E-state index contributed by atoms with van der Waals surface area (Å²) >= 11 is 0. The van der Waals surface area contributed by atoms with Crippen LogP contribution in [0.1, 0.15) is 64.2 Å². The molecule has 1 fully saturated rings. The molecule has 2 nitrogen and oxygen atoms in total. The number of hydrogen-bond acceptors (Lipinski definition) is 2. The van der Waals surface area contributed by atoms with Crippen LogP contribution in [0.5, 0.6) is 0 Å². The van der Waals surface area contributed by atoms with E-state index in [0.29, 0.717) is 6.10 Å². The maximum atomic E-state index is 5.59. The number of ether oxygens (including phenoxy) is 2. The Morgan fingerprint density at radius 3 is 2.12 bits per heavy atom. The van der Waals surface area contributed by atoms with Gasteiger partial charge in [-0.25, -0.2) is 0 Å². The third kappa shape index (κ3) is 10.8. The van der Waals surface area contributed by atoms with E-state index < -0.39 is 0 Å². The second-order valence-corrected chi connectivity index (χ2v) is 5.04. The molecular formula is C15H29O2. The van der Waals surface area contributed by atoms with Gasteiger partial charge in [-0.1, -0.05) is 51.9 Å². The van der Waals surface area contributed by atoms with E-state index in [1.807, 2.05) is 0 Å². The van der Waals surface area contributed by atoms with E-state index in [0.717, 1.165) is 32.7 Å². The molecule has 2 heteroatoms. The molecule has 0 aromatic carbocycles. The predicted molar refractivity (Wildman–Crippen MR) is 72.1 cm³/mol. The summed E-state index contributed by atoms with van der Waals surface area (Å²) < 4.78 is 10.7. The highest BCUT2D eigenvalue weighted by Crippen LogP contribution is 2.15. The largest absolute Gasteiger partial charge is 0.381 e. The minimum absolute atomic E-state index is 0.567. The van der Waals surface area contributed by atoms with Crippen molar-refractivity contribution in [1.82, 2.24) is 0 Å². The van der Waals surface area contributed by atoms with Gasteiger partial charge in [-0.05, 0) is 19.3 Å². The first-order valence-corrected chi connectivity index (χ1v) is 7.42. The molecule has 1 heterocycles. The van der Waals surface area contributed by atoms with E-state index in [9.17, 15) is 0 Å². The maximum absolute atomic E-state index is 5.59. The SMILES string of the molecule is [CH2]CCCCCCCCCOCCCC1CO1. The fraction of sp³-hybridized carbons (Fsp3) is 0.933. The second-order valence-electron chi connectivity index (χ2n) is 5.04. The molecule has 17 heavy (non-hydrogen) atoms. The Kier molecular flexibility index (Phi) is 9.72. The highest BCUT2D eigenvalue weighted by molar-refractivity contribution is 4.67. The molecular weight excluding hydrogens is 212 g/mol. The molecule has 1 aliphatic heterocycles. The highest BCUT2D eigenvalue weighted by Gasteiger charge is 2.20. The highest BCUT2D eigenvalue weighted by atomic mass is 16.6. The van der Waals surface area contributed by atoms with Crippen molar-refractivity contribution in [2.75, 3.05) is 19.8 Å². The van der Waals surface area contributed by atoms with Crippen LogP contribution in [0.2, 0.25) is 0 Å². The number of unbranched alkanes of at least 4 members (excludes halogenated alkanes) is 7. The van der Waals surface area contributed by atoms with Crippen LogP contribution in [0, 0.1) is 6.92 Å². The predicted octanol–water partition coefficient (Wildman–Crippen LogP) is 4.14. The summed E-state index contributed by atoms with van der Waals surface area (Å²) in [6.45, 7) is 6.71. The molecule has 0 saturated carbocycles. The van der Waals surface area contributed by atoms with E-state index in [1.54, 1.807) is 0 Å². The van der Waals surface area contributed by atoms with Gasteiger partial charge in [-0.15, -0.1) is 0 Å². The molecule has 1 atom stereocenters. The summed E-state index contributed by atoms with van der Waals surface area (Å²) in [5, 5.41) is 0. The number of epoxide rings is 1. The zero-order valence-corrected chi connectivity index (χ0v) is 11.3. The van der Waals surface area contributed by atoms with Crippen LogP contribution in [-0.2, 0) is 9.47 Å². The van der Waals surface area contributed by atoms with Crippen LogP contribution in [-0.4, -0.2) is 25.9 Å². The lowest BCUT2D eigenvalue weighted by atomic mass is 10.1. The van der Waals surface area contributed by atoms with Crippen molar-refractivity contribution in [3.63, 3.8) is 0 Å². The first kappa shape index (κ1) is 15.0. The van der Waals surface area contributed by atoms with Gasteiger partial charge in [-0.3, -0.25) is 0 Å². The standard InChI is InChI=1S/C15H29O2/c1-2-3-4-5-6-7-8-9-12-16-13-10-11-15-14-17-15/h15H,1-14H2. The summed E-state index contributed by atoms with van der Waals surface area (Å²) in [4.78, 5) is 0. The Balaban J connectivity index is 1.61. The summed E-state index contributed by atoms with van der Waals surface area (Å²) in [7, 11) is 0. The van der Waals surface area contributed by atoms with Gasteiger partial charge in [0.2, 0.25) is 0 Å². The van der Waals surface area contributed by atoms with Gasteiger partial charge in [0.1, 0.15) is 0 Å². The first-order chi connectivity index (χ1) is 8.43. The zero-order chi connectivity index (χ0) is 12.2. The summed E-state index contributed by atoms with van der Waals surface area (Å²) in [5.41, 5.74) is 0. The Morgan fingerprint density at radius 2 is 1.47 bits per heavy atom. The first-order valence-electron chi connectivity index (χ1n) is 7.42. The van der Waals surface area contributed by atoms with Gasteiger partial charge >= 0.3 is 0 Å². The van der Waals surface area contributed by atoms with Crippen LogP contribution in [0.3, 0.4) is 0 Å². The second kappa shape index (κ2) is 11.0. The lowest BCUT2D eigenvalue weighted by molar-refractivity contribution is 0.124. The molecule has 101 valence electrons. The normalized spacial score (nSPS) is 18.5. The van der Waals surface area contributed by atoms with Crippen molar-refractivity contribution in [1.29, 1.82) is 0 Å². The number of rotatable bonds is 13. The Bertz CT molecular complexity index is 155. The third-order valence-electron chi connectivity index (χ3n) is 3.26. The Hall–Kier alpha value is -0.0800. The van der Waals surface area contributed by atoms with Crippen molar-refractivity contribution < 1.29 is 9.47 Å². The maximum Gasteiger partial charge on any atom is 0.0810 e. The molecule has 1 radical (unpaired) electrons. The summed E-state index contributed by atoms with van der Waals surface area (Å²) in [6.07, 6.45) is 13.4. The molecule has 1 rings (SSSR count). The van der Waals surface area contributed by atoms with Crippen molar-refractivity contribution in [2.45, 2.75) is 70.3 Å². The Morgan fingerprint density at radius 1 is 0.882 bits per heavy atom. The molecule has 1 saturated heterocycles. The van der Waals surface area contributed by atoms with E-state index in [1.165, 1.54) is 51.4 Å². The lowest BCUT2D eigenvalue weighted by Crippen LogP contribution is -1.98.